The number of methoxy groups -OCH3 is 1. The van der Waals surface area contributed by atoms with E-state index in [1.807, 2.05) is 24.3 Å². The first-order chi connectivity index (χ1) is 13.1. The van der Waals surface area contributed by atoms with Crippen LogP contribution in [0.5, 0.6) is 5.75 Å². The van der Waals surface area contributed by atoms with Crippen LogP contribution in [0.15, 0.2) is 60.9 Å². The molecule has 0 radical (unpaired) electrons. The Labute approximate surface area is 157 Å². The molecule has 7 nitrogen and oxygen atoms in total. The number of hydrogen-bond acceptors (Lipinski definition) is 6. The van der Waals surface area contributed by atoms with Gasteiger partial charge < -0.3 is 20.5 Å². The van der Waals surface area contributed by atoms with Crippen molar-refractivity contribution in [2.24, 2.45) is 0 Å². The molecule has 7 heteroatoms. The van der Waals surface area contributed by atoms with Gasteiger partial charge in [0.05, 0.1) is 12.7 Å². The van der Waals surface area contributed by atoms with Crippen LogP contribution in [-0.4, -0.2) is 34.7 Å². The van der Waals surface area contributed by atoms with E-state index in [1.54, 1.807) is 37.4 Å². The molecule has 0 aliphatic rings. The maximum atomic E-state index is 11.1. The highest BCUT2D eigenvalue weighted by Crippen LogP contribution is 2.18. The van der Waals surface area contributed by atoms with Crippen LogP contribution in [0.1, 0.15) is 15.9 Å². The van der Waals surface area contributed by atoms with Crippen molar-refractivity contribution in [1.29, 1.82) is 0 Å². The van der Waals surface area contributed by atoms with E-state index in [9.17, 15) is 4.79 Å². The van der Waals surface area contributed by atoms with E-state index in [0.717, 1.165) is 18.7 Å². The van der Waals surface area contributed by atoms with Crippen LogP contribution >= 0.6 is 0 Å². The summed E-state index contributed by atoms with van der Waals surface area (Å²) in [6.45, 7) is 0.720. The van der Waals surface area contributed by atoms with Crippen molar-refractivity contribution in [2.75, 3.05) is 24.3 Å². The molecule has 0 amide bonds. The highest BCUT2D eigenvalue weighted by atomic mass is 16.5. The van der Waals surface area contributed by atoms with Crippen LogP contribution in [0.4, 0.5) is 17.3 Å². The van der Waals surface area contributed by atoms with Crippen molar-refractivity contribution in [3.63, 3.8) is 0 Å². The first kappa shape index (κ1) is 18.2. The molecule has 0 unspecified atom stereocenters. The van der Waals surface area contributed by atoms with Gasteiger partial charge in [-0.1, -0.05) is 18.2 Å². The first-order valence-corrected chi connectivity index (χ1v) is 8.43. The van der Waals surface area contributed by atoms with Gasteiger partial charge in [-0.05, 0) is 42.3 Å². The largest absolute Gasteiger partial charge is 0.497 e. The molecule has 27 heavy (non-hydrogen) atoms. The predicted octanol–water partition coefficient (Wildman–Crippen LogP) is 3.58. The number of aromatic carboxylic acids is 1. The van der Waals surface area contributed by atoms with Crippen molar-refractivity contribution >= 4 is 23.3 Å². The minimum absolute atomic E-state index is 0.215. The van der Waals surface area contributed by atoms with Crippen LogP contribution in [-0.2, 0) is 6.42 Å². The Hall–Kier alpha value is -3.61. The number of carbonyl (C=O) groups is 1. The van der Waals surface area contributed by atoms with Crippen LogP contribution in [0.3, 0.4) is 0 Å². The molecule has 0 aliphatic heterocycles. The molecule has 3 aromatic rings. The fraction of sp³-hybridized carbons (Fsp3) is 0.150. The molecular formula is C20H20N4O3. The molecule has 1 aromatic heterocycles. The van der Waals surface area contributed by atoms with E-state index in [1.165, 1.54) is 11.9 Å². The number of carboxylic acid groups (broad SMARTS) is 1. The summed E-state index contributed by atoms with van der Waals surface area (Å²) in [6.07, 6.45) is 2.30. The maximum Gasteiger partial charge on any atom is 0.335 e. The Morgan fingerprint density at radius 2 is 1.85 bits per heavy atom. The molecule has 0 bridgehead atoms. The van der Waals surface area contributed by atoms with Crippen LogP contribution in [0.2, 0.25) is 0 Å². The Kier molecular flexibility index (Phi) is 5.84. The second-order valence-corrected chi connectivity index (χ2v) is 5.82. The maximum absolute atomic E-state index is 11.1. The minimum atomic E-state index is -0.970. The summed E-state index contributed by atoms with van der Waals surface area (Å²) < 4.78 is 5.15. The molecule has 0 spiro atoms. The van der Waals surface area contributed by atoms with E-state index >= 15 is 0 Å². The second-order valence-electron chi connectivity index (χ2n) is 5.82. The number of ether oxygens (including phenoxy) is 1. The normalized spacial score (nSPS) is 10.3. The smallest absolute Gasteiger partial charge is 0.335 e. The zero-order valence-electron chi connectivity index (χ0n) is 14.8. The molecule has 0 aliphatic carbocycles. The molecule has 0 atom stereocenters. The van der Waals surface area contributed by atoms with Crippen molar-refractivity contribution < 1.29 is 14.6 Å². The summed E-state index contributed by atoms with van der Waals surface area (Å²) in [6, 6.07) is 16.3. The lowest BCUT2D eigenvalue weighted by atomic mass is 10.1. The van der Waals surface area contributed by atoms with Gasteiger partial charge in [-0.15, -0.1) is 0 Å². The number of hydrogen-bond donors (Lipinski definition) is 3. The highest BCUT2D eigenvalue weighted by molar-refractivity contribution is 5.89. The SMILES string of the molecule is COc1ccc(CCNc2cc(Nc3cccc(C(=O)O)c3)ncn2)cc1. The predicted molar refractivity (Wildman–Crippen MR) is 104 cm³/mol. The molecule has 2 aromatic carbocycles. The summed E-state index contributed by atoms with van der Waals surface area (Å²) in [5.41, 5.74) is 2.06. The number of rotatable bonds is 8. The number of nitrogens with one attached hydrogen (secondary N) is 2. The number of anilines is 3. The summed E-state index contributed by atoms with van der Waals surface area (Å²) in [5, 5.41) is 15.4. The summed E-state index contributed by atoms with van der Waals surface area (Å²) in [5.74, 6) is 1.14. The van der Waals surface area contributed by atoms with Gasteiger partial charge in [0.1, 0.15) is 23.7 Å². The average molecular weight is 364 g/mol. The van der Waals surface area contributed by atoms with Crippen LogP contribution in [0.25, 0.3) is 0 Å². The molecule has 0 saturated heterocycles. The molecule has 138 valence electrons. The first-order valence-electron chi connectivity index (χ1n) is 8.43. The topological polar surface area (TPSA) is 96.4 Å². The van der Waals surface area contributed by atoms with Gasteiger partial charge in [0.2, 0.25) is 0 Å². The zero-order valence-corrected chi connectivity index (χ0v) is 14.8. The Morgan fingerprint density at radius 1 is 1.07 bits per heavy atom. The van der Waals surface area contributed by atoms with Gasteiger partial charge in [-0.2, -0.15) is 0 Å². The minimum Gasteiger partial charge on any atom is -0.497 e. The summed E-state index contributed by atoms with van der Waals surface area (Å²) in [7, 11) is 1.65. The lowest BCUT2D eigenvalue weighted by Gasteiger charge is -2.09. The fourth-order valence-electron chi connectivity index (χ4n) is 2.53. The van der Waals surface area contributed by atoms with Crippen molar-refractivity contribution in [1.82, 2.24) is 9.97 Å². The molecule has 0 saturated carbocycles. The Bertz CT molecular complexity index is 913. The van der Waals surface area contributed by atoms with E-state index in [4.69, 9.17) is 9.84 Å². The third-order valence-electron chi connectivity index (χ3n) is 3.93. The van der Waals surface area contributed by atoms with Crippen molar-refractivity contribution in [3.05, 3.63) is 72.1 Å². The van der Waals surface area contributed by atoms with Gasteiger partial charge >= 0.3 is 5.97 Å². The van der Waals surface area contributed by atoms with E-state index < -0.39 is 5.97 Å². The van der Waals surface area contributed by atoms with Gasteiger partial charge in [0, 0.05) is 18.3 Å². The van der Waals surface area contributed by atoms with Crippen LogP contribution in [0, 0.1) is 0 Å². The van der Waals surface area contributed by atoms with Gasteiger partial charge in [0.15, 0.2) is 0 Å². The third kappa shape index (κ3) is 5.18. The zero-order chi connectivity index (χ0) is 19.1. The molecule has 0 fully saturated rings. The van der Waals surface area contributed by atoms with E-state index in [-0.39, 0.29) is 5.56 Å². The molecular weight excluding hydrogens is 344 g/mol. The van der Waals surface area contributed by atoms with E-state index in [2.05, 4.69) is 20.6 Å². The third-order valence-corrected chi connectivity index (χ3v) is 3.93. The van der Waals surface area contributed by atoms with Gasteiger partial charge in [0.25, 0.3) is 0 Å². The van der Waals surface area contributed by atoms with Gasteiger partial charge in [-0.25, -0.2) is 14.8 Å². The quantitative estimate of drug-likeness (QED) is 0.562. The molecule has 3 rings (SSSR count). The number of aromatic nitrogens is 2. The summed E-state index contributed by atoms with van der Waals surface area (Å²) >= 11 is 0. The highest BCUT2D eigenvalue weighted by Gasteiger charge is 2.05. The fourth-order valence-corrected chi connectivity index (χ4v) is 2.53. The monoisotopic (exact) mass is 364 g/mol. The van der Waals surface area contributed by atoms with Crippen LogP contribution < -0.4 is 15.4 Å². The number of benzene rings is 2. The second kappa shape index (κ2) is 8.66. The summed E-state index contributed by atoms with van der Waals surface area (Å²) in [4.78, 5) is 19.4. The number of nitrogens with zero attached hydrogens (tertiary/aromatic N) is 2. The van der Waals surface area contributed by atoms with E-state index in [0.29, 0.717) is 17.3 Å². The Morgan fingerprint density at radius 3 is 2.59 bits per heavy atom. The van der Waals surface area contributed by atoms with Crippen molar-refractivity contribution in [2.45, 2.75) is 6.42 Å². The lowest BCUT2D eigenvalue weighted by molar-refractivity contribution is 0.0697. The Balaban J connectivity index is 1.58. The number of carboxylic acids is 1. The molecule has 1 heterocycles. The average Bonchev–Trinajstić information content (AvgIpc) is 2.69. The lowest BCUT2D eigenvalue weighted by Crippen LogP contribution is -2.07. The van der Waals surface area contributed by atoms with Gasteiger partial charge in [-0.3, -0.25) is 0 Å². The van der Waals surface area contributed by atoms with Crippen molar-refractivity contribution in [3.8, 4) is 5.75 Å². The standard InChI is InChI=1S/C20H20N4O3/c1-27-17-7-5-14(6-8-17)9-10-21-18-12-19(23-13-22-18)24-16-4-2-3-15(11-16)20(25)26/h2-8,11-13H,9-10H2,1H3,(H,25,26)(H2,21,22,23,24). The molecule has 3 N–H and O–H groups in total.